The maximum atomic E-state index is 11.0. The first kappa shape index (κ1) is 70.2. The lowest BCUT2D eigenvalue weighted by Gasteiger charge is -2.34. The van der Waals surface area contributed by atoms with Crippen molar-refractivity contribution in [2.45, 2.75) is 279 Å². The molecule has 0 saturated carbocycles. The Balaban J connectivity index is 4.95. The summed E-state index contributed by atoms with van der Waals surface area (Å²) >= 11 is 0. The summed E-state index contributed by atoms with van der Waals surface area (Å²) in [5.74, 6) is -2.71. The van der Waals surface area contributed by atoms with Gasteiger partial charge in [-0.15, -0.1) is 0 Å². The summed E-state index contributed by atoms with van der Waals surface area (Å²) in [5, 5.41) is 220. The normalized spacial score (nSPS) is 23.4. The Hall–Kier alpha value is -0.840. The van der Waals surface area contributed by atoms with E-state index in [0.717, 1.165) is 32.1 Å². The third-order valence-electron chi connectivity index (χ3n) is 14.6. The second kappa shape index (κ2) is 37.0. The van der Waals surface area contributed by atoms with Crippen LogP contribution in [0.25, 0.3) is 0 Å². The van der Waals surface area contributed by atoms with Gasteiger partial charge >= 0.3 is 0 Å². The average Bonchev–Trinajstić information content (AvgIpc) is 3.31. The molecule has 428 valence electrons. The maximum Gasteiger partial charge on any atom is 0.111 e. The Morgan fingerprint density at radius 1 is 0.254 bits per heavy atom. The lowest BCUT2D eigenvalue weighted by Crippen LogP contribution is -2.53. The molecule has 0 radical (unpaired) electrons. The molecule has 71 heavy (non-hydrogen) atoms. The minimum absolute atomic E-state index is 0.0110. The first-order valence-corrected chi connectivity index (χ1v) is 26.2. The molecule has 0 spiro atoms. The molecule has 0 rings (SSSR count). The molecule has 0 aromatic carbocycles. The second-order valence-corrected chi connectivity index (χ2v) is 21.4. The van der Waals surface area contributed by atoms with Gasteiger partial charge in [-0.1, -0.05) is 92.9 Å². The Kier molecular flexibility index (Phi) is 36.6. The van der Waals surface area contributed by atoms with Gasteiger partial charge in [0.05, 0.1) is 85.5 Å². The summed E-state index contributed by atoms with van der Waals surface area (Å²) < 4.78 is 0. The fourth-order valence-electron chi connectivity index (χ4n) is 9.32. The van der Waals surface area contributed by atoms with E-state index in [4.69, 9.17) is 0 Å². The van der Waals surface area contributed by atoms with Crippen LogP contribution in [0.15, 0.2) is 0 Å². The predicted octanol–water partition coefficient (Wildman–Crippen LogP) is -2.58. The summed E-state index contributed by atoms with van der Waals surface area (Å²) in [4.78, 5) is 0. The molecule has 21 nitrogen and oxygen atoms in total. The van der Waals surface area contributed by atoms with Gasteiger partial charge in [-0.3, -0.25) is 0 Å². The number of unbranched alkanes of at least 4 members (excludes halogenated alkanes) is 7. The molecule has 0 bridgehead atoms. The monoisotopic (exact) mass is 1040 g/mol. The minimum atomic E-state index is -2.31. The smallest absolute Gasteiger partial charge is 0.111 e. The minimum Gasteiger partial charge on any atom is -0.396 e. The molecule has 0 aliphatic carbocycles. The standard InChI is InChI=1S/C50H102O21/c1-7-8-9-10-11-12-13-14-15-31(52)20-39(60)45(66)49(70)47(68)41(62)24-42(63)48(69)50(71)46(67)40(61)22-34(55)19-32(53)18-33(54)21-35(56)28(4)43(64)29(5)36(57)23-37(58)30(6)44(65)38(59)17-26(2)16-27(3)25-51/h26-71H,7-25H2,1-6H3/t26-,27+,28?,29?,30?,31-,32?,33?,34?,35?,36?,37?,38?,39?,40?,41-,42?,43?,44?,45-,46?,47-,48?,49-,50?/m1/s1. The van der Waals surface area contributed by atoms with Gasteiger partial charge in [0, 0.05) is 43.6 Å². The maximum absolute atomic E-state index is 11.0. The van der Waals surface area contributed by atoms with Gasteiger partial charge in [0.1, 0.15) is 36.6 Å². The summed E-state index contributed by atoms with van der Waals surface area (Å²) in [7, 11) is 0. The van der Waals surface area contributed by atoms with Crippen molar-refractivity contribution in [1.29, 1.82) is 0 Å². The Morgan fingerprint density at radius 3 is 0.986 bits per heavy atom. The Labute approximate surface area is 421 Å². The predicted molar refractivity (Wildman–Crippen MR) is 262 cm³/mol. The average molecular weight is 1040 g/mol. The van der Waals surface area contributed by atoms with Crippen molar-refractivity contribution < 1.29 is 107 Å². The molecule has 21 N–H and O–H groups in total. The molecule has 21 heteroatoms. The zero-order chi connectivity index (χ0) is 54.9. The third-order valence-corrected chi connectivity index (χ3v) is 14.6. The quantitative estimate of drug-likeness (QED) is 0.0279. The molecule has 0 aliphatic rings. The molecule has 25 atom stereocenters. The van der Waals surface area contributed by atoms with E-state index in [1.165, 1.54) is 33.6 Å². The van der Waals surface area contributed by atoms with Crippen molar-refractivity contribution in [1.82, 2.24) is 0 Å². The van der Waals surface area contributed by atoms with E-state index >= 15 is 0 Å². The molecule has 0 aromatic heterocycles. The van der Waals surface area contributed by atoms with Crippen molar-refractivity contribution in [3.05, 3.63) is 0 Å². The van der Waals surface area contributed by atoms with Crippen LogP contribution < -0.4 is 0 Å². The fraction of sp³-hybridized carbons (Fsp3) is 1.00. The fourth-order valence-corrected chi connectivity index (χ4v) is 9.32. The van der Waals surface area contributed by atoms with Crippen LogP contribution >= 0.6 is 0 Å². The molecule has 0 heterocycles. The molecule has 0 aromatic rings. The summed E-state index contributed by atoms with van der Waals surface area (Å²) in [6.45, 7) is 10.3. The van der Waals surface area contributed by atoms with Crippen LogP contribution in [0, 0.1) is 29.6 Å². The van der Waals surface area contributed by atoms with Crippen LogP contribution in [-0.2, 0) is 0 Å². The molecule has 18 unspecified atom stereocenters. The number of rotatable bonds is 43. The van der Waals surface area contributed by atoms with E-state index in [-0.39, 0.29) is 44.1 Å². The molecule has 0 amide bonds. The molecule has 0 saturated heterocycles. The van der Waals surface area contributed by atoms with E-state index in [1.54, 1.807) is 0 Å². The number of hydrogen-bond acceptors (Lipinski definition) is 21. The SMILES string of the molecule is CCCCCCCCCC[C@@H](O)CC(O)[C@@H](O)[C@@H](O)[C@H](O)[C@H](O)CC(O)C(O)C(O)C(O)C(O)CC(O)CC(O)CC(O)CC(O)C(C)C(O)C(C)C(O)CC(O)C(C)C(O)C(O)C[C@H](C)C[C@H](C)CO. The lowest BCUT2D eigenvalue weighted by molar-refractivity contribution is -0.161. The zero-order valence-electron chi connectivity index (χ0n) is 43.3. The van der Waals surface area contributed by atoms with Crippen molar-refractivity contribution in [2.75, 3.05) is 6.61 Å². The highest BCUT2D eigenvalue weighted by Gasteiger charge is 2.41. The first-order valence-electron chi connectivity index (χ1n) is 26.2. The third kappa shape index (κ3) is 27.2. The van der Waals surface area contributed by atoms with Gasteiger partial charge in [-0.25, -0.2) is 0 Å². The Bertz CT molecular complexity index is 1290. The van der Waals surface area contributed by atoms with Crippen LogP contribution in [0.4, 0.5) is 0 Å². The van der Waals surface area contributed by atoms with E-state index in [0.29, 0.717) is 19.3 Å². The van der Waals surface area contributed by atoms with Gasteiger partial charge in [-0.2, -0.15) is 0 Å². The van der Waals surface area contributed by atoms with E-state index < -0.39 is 166 Å². The summed E-state index contributed by atoms with van der Waals surface area (Å²) in [5.41, 5.74) is 0. The van der Waals surface area contributed by atoms with Gasteiger partial charge in [0.15, 0.2) is 0 Å². The van der Waals surface area contributed by atoms with Crippen molar-refractivity contribution in [3.8, 4) is 0 Å². The highest BCUT2D eigenvalue weighted by atomic mass is 16.4. The summed E-state index contributed by atoms with van der Waals surface area (Å²) in [6.07, 6.45) is -28.3. The highest BCUT2D eigenvalue weighted by molar-refractivity contribution is 4.91. The van der Waals surface area contributed by atoms with Crippen LogP contribution in [0.5, 0.6) is 0 Å². The van der Waals surface area contributed by atoms with E-state index in [2.05, 4.69) is 6.92 Å². The number of aliphatic hydroxyl groups excluding tert-OH is 21. The van der Waals surface area contributed by atoms with Crippen molar-refractivity contribution in [2.24, 2.45) is 29.6 Å². The topological polar surface area (TPSA) is 425 Å². The van der Waals surface area contributed by atoms with Crippen LogP contribution in [0.1, 0.15) is 157 Å². The molecule has 0 fully saturated rings. The van der Waals surface area contributed by atoms with Crippen molar-refractivity contribution in [3.63, 3.8) is 0 Å². The zero-order valence-corrected chi connectivity index (χ0v) is 43.3. The molecule has 0 aliphatic heterocycles. The van der Waals surface area contributed by atoms with Crippen LogP contribution in [0.3, 0.4) is 0 Å². The number of hydrogen-bond donors (Lipinski definition) is 21. The van der Waals surface area contributed by atoms with Gasteiger partial charge in [0.2, 0.25) is 0 Å². The number of aliphatic hydroxyl groups is 21. The molecular formula is C50H102O21. The Morgan fingerprint density at radius 2 is 0.563 bits per heavy atom. The first-order chi connectivity index (χ1) is 33.0. The molecular weight excluding hydrogens is 937 g/mol. The van der Waals surface area contributed by atoms with Gasteiger partial charge in [-0.05, 0) is 56.8 Å². The van der Waals surface area contributed by atoms with Crippen LogP contribution in [-0.4, -0.2) is 236 Å². The lowest BCUT2D eigenvalue weighted by atomic mass is 9.80. The van der Waals surface area contributed by atoms with E-state index in [1.807, 2.05) is 13.8 Å². The summed E-state index contributed by atoms with van der Waals surface area (Å²) in [6, 6.07) is 0. The second-order valence-electron chi connectivity index (χ2n) is 21.4. The highest BCUT2D eigenvalue weighted by Crippen LogP contribution is 2.29. The van der Waals surface area contributed by atoms with E-state index in [9.17, 15) is 107 Å². The van der Waals surface area contributed by atoms with Gasteiger partial charge < -0.3 is 107 Å². The van der Waals surface area contributed by atoms with Crippen LogP contribution in [0.2, 0.25) is 0 Å². The van der Waals surface area contributed by atoms with Gasteiger partial charge in [0.25, 0.3) is 0 Å². The van der Waals surface area contributed by atoms with Crippen molar-refractivity contribution >= 4 is 0 Å². The largest absolute Gasteiger partial charge is 0.396 e.